The van der Waals surface area contributed by atoms with Crippen LogP contribution in [-0.4, -0.2) is 16.1 Å². The van der Waals surface area contributed by atoms with E-state index in [0.717, 1.165) is 22.7 Å². The third kappa shape index (κ3) is 5.08. The SMILES string of the molecule is Cc1nnc(S[C@@H](C(=O)Nc2cccc(C(F)(F)F)c2)c2ccccc2)s1. The molecule has 0 unspecified atom stereocenters. The zero-order valence-corrected chi connectivity index (χ0v) is 15.7. The summed E-state index contributed by atoms with van der Waals surface area (Å²) in [5.74, 6) is -0.432. The number of aromatic nitrogens is 2. The summed E-state index contributed by atoms with van der Waals surface area (Å²) in [6.07, 6.45) is -4.47. The highest BCUT2D eigenvalue weighted by Crippen LogP contribution is 2.38. The number of nitrogens with zero attached hydrogens (tertiary/aromatic N) is 2. The van der Waals surface area contributed by atoms with Crippen molar-refractivity contribution in [3.63, 3.8) is 0 Å². The van der Waals surface area contributed by atoms with Crippen LogP contribution in [0.5, 0.6) is 0 Å². The first-order valence-electron chi connectivity index (χ1n) is 7.83. The van der Waals surface area contributed by atoms with E-state index >= 15 is 0 Å². The van der Waals surface area contributed by atoms with Crippen LogP contribution < -0.4 is 5.32 Å². The maximum absolute atomic E-state index is 12.9. The van der Waals surface area contributed by atoms with Crippen LogP contribution >= 0.6 is 23.1 Å². The van der Waals surface area contributed by atoms with Gasteiger partial charge in [-0.05, 0) is 30.7 Å². The molecule has 0 saturated carbocycles. The van der Waals surface area contributed by atoms with Crippen LogP contribution in [0.3, 0.4) is 0 Å². The lowest BCUT2D eigenvalue weighted by atomic mass is 10.1. The fourth-order valence-corrected chi connectivity index (χ4v) is 4.32. The molecule has 1 amide bonds. The normalized spacial score (nSPS) is 12.6. The van der Waals surface area contributed by atoms with Gasteiger partial charge in [0.05, 0.1) is 5.56 Å². The Morgan fingerprint density at radius 3 is 2.48 bits per heavy atom. The fraction of sp³-hybridized carbons (Fsp3) is 0.167. The second kappa shape index (κ2) is 8.10. The minimum absolute atomic E-state index is 0.0878. The van der Waals surface area contributed by atoms with Crippen molar-refractivity contribution in [1.82, 2.24) is 10.2 Å². The van der Waals surface area contributed by atoms with Gasteiger partial charge in [0.15, 0.2) is 4.34 Å². The lowest BCUT2D eigenvalue weighted by Gasteiger charge is -2.16. The minimum atomic E-state index is -4.47. The van der Waals surface area contributed by atoms with E-state index in [0.29, 0.717) is 4.34 Å². The third-order valence-electron chi connectivity index (χ3n) is 3.52. The molecule has 0 fully saturated rings. The number of aryl methyl sites for hydroxylation is 1. The van der Waals surface area contributed by atoms with Crippen LogP contribution in [-0.2, 0) is 11.0 Å². The minimum Gasteiger partial charge on any atom is -0.325 e. The molecule has 1 atom stereocenters. The molecule has 140 valence electrons. The van der Waals surface area contributed by atoms with Gasteiger partial charge in [0.25, 0.3) is 0 Å². The summed E-state index contributed by atoms with van der Waals surface area (Å²) in [5.41, 5.74) is -0.00593. The molecule has 1 aromatic heterocycles. The Balaban J connectivity index is 1.85. The molecule has 4 nitrogen and oxygen atoms in total. The van der Waals surface area contributed by atoms with E-state index in [1.165, 1.54) is 35.2 Å². The molecule has 9 heteroatoms. The second-order valence-corrected chi connectivity index (χ2v) is 8.10. The summed E-state index contributed by atoms with van der Waals surface area (Å²) in [6.45, 7) is 1.81. The number of halogens is 3. The Kier molecular flexibility index (Phi) is 5.81. The molecule has 0 aliphatic rings. The second-order valence-electron chi connectivity index (χ2n) is 5.56. The maximum atomic E-state index is 12.9. The molecular weight excluding hydrogens is 395 g/mol. The molecule has 0 bridgehead atoms. The molecule has 0 spiro atoms. The number of carbonyl (C=O) groups is 1. The van der Waals surface area contributed by atoms with Crippen molar-refractivity contribution in [2.45, 2.75) is 22.7 Å². The van der Waals surface area contributed by atoms with Gasteiger partial charge in [-0.25, -0.2) is 0 Å². The Hall–Kier alpha value is -2.39. The first-order valence-corrected chi connectivity index (χ1v) is 9.52. The maximum Gasteiger partial charge on any atom is 0.416 e. The van der Waals surface area contributed by atoms with Crippen LogP contribution in [0.1, 0.15) is 21.4 Å². The van der Waals surface area contributed by atoms with E-state index in [9.17, 15) is 18.0 Å². The first-order chi connectivity index (χ1) is 12.8. The van der Waals surface area contributed by atoms with Crippen LogP contribution in [0.4, 0.5) is 18.9 Å². The molecule has 2 aromatic carbocycles. The van der Waals surface area contributed by atoms with Gasteiger partial charge < -0.3 is 5.32 Å². The van der Waals surface area contributed by atoms with Crippen LogP contribution in [0.2, 0.25) is 0 Å². The van der Waals surface area contributed by atoms with Crippen molar-refractivity contribution in [2.75, 3.05) is 5.32 Å². The van der Waals surface area contributed by atoms with Crippen molar-refractivity contribution in [3.8, 4) is 0 Å². The lowest BCUT2D eigenvalue weighted by molar-refractivity contribution is -0.137. The van der Waals surface area contributed by atoms with E-state index in [1.54, 1.807) is 24.3 Å². The number of carbonyl (C=O) groups excluding carboxylic acids is 1. The number of anilines is 1. The Bertz CT molecular complexity index is 929. The molecule has 3 aromatic rings. The smallest absolute Gasteiger partial charge is 0.325 e. The van der Waals surface area contributed by atoms with Gasteiger partial charge in [0.1, 0.15) is 10.3 Å². The molecule has 0 saturated heterocycles. The standard InChI is InChI=1S/C18H14F3N3OS2/c1-11-23-24-17(26-11)27-15(12-6-3-2-4-7-12)16(25)22-14-9-5-8-13(10-14)18(19,20)21/h2-10,15H,1H3,(H,22,25)/t15-/m1/s1. The summed E-state index contributed by atoms with van der Waals surface area (Å²) in [6, 6.07) is 13.6. The quantitative estimate of drug-likeness (QED) is 0.578. The number of amides is 1. The zero-order chi connectivity index (χ0) is 19.4. The van der Waals surface area contributed by atoms with E-state index in [-0.39, 0.29) is 5.69 Å². The average Bonchev–Trinajstić information content (AvgIpc) is 3.05. The van der Waals surface area contributed by atoms with Crippen LogP contribution in [0.15, 0.2) is 58.9 Å². The number of hydrogen-bond acceptors (Lipinski definition) is 5. The molecule has 0 aliphatic carbocycles. The van der Waals surface area contributed by atoms with Gasteiger partial charge in [-0.2, -0.15) is 13.2 Å². The summed E-state index contributed by atoms with van der Waals surface area (Å²) in [7, 11) is 0. The predicted octanol–water partition coefficient (Wildman–Crippen LogP) is 5.34. The van der Waals surface area contributed by atoms with Gasteiger partial charge >= 0.3 is 6.18 Å². The first kappa shape index (κ1) is 19.4. The van der Waals surface area contributed by atoms with E-state index in [1.807, 2.05) is 13.0 Å². The Morgan fingerprint density at radius 2 is 1.85 bits per heavy atom. The fourth-order valence-electron chi connectivity index (χ4n) is 2.31. The molecule has 27 heavy (non-hydrogen) atoms. The Labute approximate surface area is 161 Å². The molecular formula is C18H14F3N3OS2. The number of rotatable bonds is 5. The van der Waals surface area contributed by atoms with Crippen LogP contribution in [0.25, 0.3) is 0 Å². The van der Waals surface area contributed by atoms with E-state index < -0.39 is 22.9 Å². The molecule has 1 N–H and O–H groups in total. The average molecular weight is 409 g/mol. The highest BCUT2D eigenvalue weighted by Gasteiger charge is 2.31. The monoisotopic (exact) mass is 409 g/mol. The van der Waals surface area contributed by atoms with Crippen molar-refractivity contribution in [3.05, 3.63) is 70.7 Å². The topological polar surface area (TPSA) is 54.9 Å². The van der Waals surface area contributed by atoms with Crippen molar-refractivity contribution in [2.24, 2.45) is 0 Å². The number of hydrogen-bond donors (Lipinski definition) is 1. The van der Waals surface area contributed by atoms with Crippen LogP contribution in [0, 0.1) is 6.92 Å². The van der Waals surface area contributed by atoms with E-state index in [4.69, 9.17) is 0 Å². The van der Waals surface area contributed by atoms with Gasteiger partial charge in [-0.1, -0.05) is 59.5 Å². The summed E-state index contributed by atoms with van der Waals surface area (Å²) < 4.78 is 39.3. The zero-order valence-electron chi connectivity index (χ0n) is 14.0. The van der Waals surface area contributed by atoms with Crippen molar-refractivity contribution >= 4 is 34.7 Å². The molecule has 0 aliphatic heterocycles. The highest BCUT2D eigenvalue weighted by atomic mass is 32.2. The lowest BCUT2D eigenvalue weighted by Crippen LogP contribution is -2.19. The van der Waals surface area contributed by atoms with Gasteiger partial charge in [0, 0.05) is 5.69 Å². The molecule has 1 heterocycles. The van der Waals surface area contributed by atoms with Gasteiger partial charge in [-0.3, -0.25) is 4.79 Å². The van der Waals surface area contributed by atoms with E-state index in [2.05, 4.69) is 15.5 Å². The van der Waals surface area contributed by atoms with Crippen molar-refractivity contribution < 1.29 is 18.0 Å². The van der Waals surface area contributed by atoms with Gasteiger partial charge in [0.2, 0.25) is 5.91 Å². The summed E-state index contributed by atoms with van der Waals surface area (Å²) in [5, 5.41) is 10.6. The highest BCUT2D eigenvalue weighted by molar-refractivity contribution is 8.01. The predicted molar refractivity (Wildman–Crippen MR) is 99.8 cm³/mol. The summed E-state index contributed by atoms with van der Waals surface area (Å²) in [4.78, 5) is 12.8. The number of benzene rings is 2. The van der Waals surface area contributed by atoms with Gasteiger partial charge in [-0.15, -0.1) is 10.2 Å². The molecule has 0 radical (unpaired) electrons. The Morgan fingerprint density at radius 1 is 1.11 bits per heavy atom. The van der Waals surface area contributed by atoms with Crippen molar-refractivity contribution in [1.29, 1.82) is 0 Å². The number of alkyl halides is 3. The number of thioether (sulfide) groups is 1. The summed E-state index contributed by atoms with van der Waals surface area (Å²) >= 11 is 2.56. The number of nitrogens with one attached hydrogen (secondary N) is 1. The molecule has 3 rings (SSSR count). The third-order valence-corrected chi connectivity index (χ3v) is 5.70. The largest absolute Gasteiger partial charge is 0.416 e.